The zero-order chi connectivity index (χ0) is 12.4. The van der Waals surface area contributed by atoms with Gasteiger partial charge in [-0.05, 0) is 11.6 Å². The smallest absolute Gasteiger partial charge is 0.234 e. The Kier molecular flexibility index (Phi) is 2.64. The number of hydrogen-bond acceptors (Lipinski definition) is 4. The summed E-state index contributed by atoms with van der Waals surface area (Å²) in [7, 11) is 0. The second kappa shape index (κ2) is 4.44. The molecule has 1 atom stereocenters. The molecule has 1 unspecified atom stereocenters. The van der Waals surface area contributed by atoms with Gasteiger partial charge in [0.1, 0.15) is 0 Å². The highest BCUT2D eigenvalue weighted by Crippen LogP contribution is 2.31. The number of para-hydroxylation sites is 1. The molecule has 1 aliphatic heterocycles. The Balaban J connectivity index is 1.79. The van der Waals surface area contributed by atoms with Gasteiger partial charge in [-0.2, -0.15) is 0 Å². The van der Waals surface area contributed by atoms with Crippen LogP contribution in [0, 0.1) is 0 Å². The summed E-state index contributed by atoms with van der Waals surface area (Å²) in [6.45, 7) is 0.617. The minimum Gasteiger partial charge on any atom is -0.384 e. The molecule has 0 spiro atoms. The van der Waals surface area contributed by atoms with Crippen LogP contribution in [-0.2, 0) is 4.79 Å². The predicted molar refractivity (Wildman–Crippen MR) is 68.3 cm³/mol. The first-order valence-corrected chi connectivity index (χ1v) is 5.74. The third-order valence-corrected chi connectivity index (χ3v) is 2.96. The van der Waals surface area contributed by atoms with Gasteiger partial charge in [-0.1, -0.05) is 18.2 Å². The summed E-state index contributed by atoms with van der Waals surface area (Å²) in [6.07, 6.45) is 4.66. The molecule has 0 aliphatic carbocycles. The number of nitrogens with zero attached hydrogens (tertiary/aromatic N) is 2. The Hall–Kier alpha value is -2.43. The lowest BCUT2D eigenvalue weighted by Crippen LogP contribution is -2.23. The van der Waals surface area contributed by atoms with Gasteiger partial charge >= 0.3 is 0 Å². The quantitative estimate of drug-likeness (QED) is 0.837. The average molecular weight is 240 g/mol. The Labute approximate surface area is 104 Å². The van der Waals surface area contributed by atoms with Crippen LogP contribution in [0.25, 0.3) is 0 Å². The van der Waals surface area contributed by atoms with E-state index in [1.807, 2.05) is 24.3 Å². The molecule has 90 valence electrons. The van der Waals surface area contributed by atoms with Crippen LogP contribution < -0.4 is 10.6 Å². The van der Waals surface area contributed by atoms with Crippen molar-refractivity contribution in [3.05, 3.63) is 48.4 Å². The molecule has 0 bridgehead atoms. The molecule has 18 heavy (non-hydrogen) atoms. The van der Waals surface area contributed by atoms with E-state index in [0.29, 0.717) is 12.4 Å². The minimum atomic E-state index is -0.178. The van der Waals surface area contributed by atoms with Crippen LogP contribution in [0.3, 0.4) is 0 Å². The van der Waals surface area contributed by atoms with Crippen molar-refractivity contribution in [2.45, 2.75) is 5.92 Å². The monoisotopic (exact) mass is 240 g/mol. The van der Waals surface area contributed by atoms with E-state index in [9.17, 15) is 4.79 Å². The second-order valence-electron chi connectivity index (χ2n) is 4.10. The molecule has 2 heterocycles. The van der Waals surface area contributed by atoms with E-state index in [0.717, 1.165) is 11.3 Å². The van der Waals surface area contributed by atoms with Crippen LogP contribution in [0.4, 0.5) is 11.5 Å². The standard InChI is InChI=1S/C13H12N4O/c18-13(17-12-8-14-5-6-15-12)10-7-16-11-4-2-1-3-9(10)11/h1-6,8,10,16H,7H2,(H,15,17,18). The van der Waals surface area contributed by atoms with Crippen molar-refractivity contribution >= 4 is 17.4 Å². The highest BCUT2D eigenvalue weighted by atomic mass is 16.2. The molecule has 2 N–H and O–H groups in total. The maximum absolute atomic E-state index is 12.2. The minimum absolute atomic E-state index is 0.0621. The van der Waals surface area contributed by atoms with Gasteiger partial charge in [-0.15, -0.1) is 0 Å². The SMILES string of the molecule is O=C(Nc1cnccn1)C1CNc2ccccc21. The summed E-state index contributed by atoms with van der Waals surface area (Å²) < 4.78 is 0. The number of benzene rings is 1. The zero-order valence-electron chi connectivity index (χ0n) is 9.63. The van der Waals surface area contributed by atoms with Gasteiger partial charge in [-0.25, -0.2) is 4.98 Å². The molecule has 2 aromatic rings. The number of aromatic nitrogens is 2. The Morgan fingerprint density at radius 1 is 1.33 bits per heavy atom. The van der Waals surface area contributed by atoms with Crippen LogP contribution in [-0.4, -0.2) is 22.4 Å². The van der Waals surface area contributed by atoms with Crippen LogP contribution in [0.1, 0.15) is 11.5 Å². The Bertz CT molecular complexity index is 570. The first kappa shape index (κ1) is 10.7. The zero-order valence-corrected chi connectivity index (χ0v) is 9.63. The van der Waals surface area contributed by atoms with Gasteiger partial charge in [0, 0.05) is 24.6 Å². The van der Waals surface area contributed by atoms with Crippen molar-refractivity contribution < 1.29 is 4.79 Å². The van der Waals surface area contributed by atoms with Gasteiger partial charge in [0.2, 0.25) is 5.91 Å². The molecule has 1 aliphatic rings. The number of nitrogens with one attached hydrogen (secondary N) is 2. The molecule has 3 rings (SSSR count). The fourth-order valence-electron chi connectivity index (χ4n) is 2.09. The van der Waals surface area contributed by atoms with Crippen LogP contribution >= 0.6 is 0 Å². The number of carbonyl (C=O) groups excluding carboxylic acids is 1. The van der Waals surface area contributed by atoms with Crippen LogP contribution in [0.2, 0.25) is 0 Å². The largest absolute Gasteiger partial charge is 0.384 e. The van der Waals surface area contributed by atoms with E-state index in [2.05, 4.69) is 20.6 Å². The van der Waals surface area contributed by atoms with Crippen molar-refractivity contribution in [3.8, 4) is 0 Å². The number of amides is 1. The fraction of sp³-hybridized carbons (Fsp3) is 0.154. The van der Waals surface area contributed by atoms with E-state index in [4.69, 9.17) is 0 Å². The number of carbonyl (C=O) groups is 1. The summed E-state index contributed by atoms with van der Waals surface area (Å²) >= 11 is 0. The third-order valence-electron chi connectivity index (χ3n) is 2.96. The molecule has 1 aromatic heterocycles. The third kappa shape index (κ3) is 1.90. The van der Waals surface area contributed by atoms with E-state index < -0.39 is 0 Å². The van der Waals surface area contributed by atoms with Crippen molar-refractivity contribution in [2.24, 2.45) is 0 Å². The average Bonchev–Trinajstić information content (AvgIpc) is 2.84. The Morgan fingerprint density at radius 3 is 3.06 bits per heavy atom. The Morgan fingerprint density at radius 2 is 2.22 bits per heavy atom. The molecular weight excluding hydrogens is 228 g/mol. The molecule has 1 aromatic carbocycles. The summed E-state index contributed by atoms with van der Waals surface area (Å²) in [5, 5.41) is 5.99. The van der Waals surface area contributed by atoms with Gasteiger partial charge in [-0.3, -0.25) is 9.78 Å². The molecular formula is C13H12N4O. The van der Waals surface area contributed by atoms with E-state index in [-0.39, 0.29) is 11.8 Å². The molecule has 0 saturated carbocycles. The number of hydrogen-bond donors (Lipinski definition) is 2. The highest BCUT2D eigenvalue weighted by molar-refractivity contribution is 5.97. The van der Waals surface area contributed by atoms with Crippen molar-refractivity contribution in [3.63, 3.8) is 0 Å². The summed E-state index contributed by atoms with van der Waals surface area (Å²) in [5.74, 6) is 0.239. The van der Waals surface area contributed by atoms with Gasteiger partial charge in [0.15, 0.2) is 5.82 Å². The number of rotatable bonds is 2. The predicted octanol–water partition coefficient (Wildman–Crippen LogP) is 1.62. The van der Waals surface area contributed by atoms with Gasteiger partial charge in [0.05, 0.1) is 12.1 Å². The van der Waals surface area contributed by atoms with Crippen LogP contribution in [0.5, 0.6) is 0 Å². The van der Waals surface area contributed by atoms with Crippen molar-refractivity contribution in [1.29, 1.82) is 0 Å². The molecule has 5 nitrogen and oxygen atoms in total. The van der Waals surface area contributed by atoms with Crippen LogP contribution in [0.15, 0.2) is 42.9 Å². The highest BCUT2D eigenvalue weighted by Gasteiger charge is 2.28. The lowest BCUT2D eigenvalue weighted by molar-refractivity contribution is -0.117. The normalized spacial score (nSPS) is 16.8. The summed E-state index contributed by atoms with van der Waals surface area (Å²) in [5.41, 5.74) is 2.05. The second-order valence-corrected chi connectivity index (χ2v) is 4.10. The lowest BCUT2D eigenvalue weighted by Gasteiger charge is -2.10. The molecule has 5 heteroatoms. The van der Waals surface area contributed by atoms with E-state index in [1.165, 1.54) is 6.20 Å². The van der Waals surface area contributed by atoms with Crippen molar-refractivity contribution in [1.82, 2.24) is 9.97 Å². The topological polar surface area (TPSA) is 66.9 Å². The van der Waals surface area contributed by atoms with E-state index in [1.54, 1.807) is 12.4 Å². The van der Waals surface area contributed by atoms with E-state index >= 15 is 0 Å². The molecule has 1 amide bonds. The summed E-state index contributed by atoms with van der Waals surface area (Å²) in [6, 6.07) is 7.84. The maximum Gasteiger partial charge on any atom is 0.234 e. The maximum atomic E-state index is 12.2. The first-order valence-electron chi connectivity index (χ1n) is 5.74. The molecule has 0 saturated heterocycles. The van der Waals surface area contributed by atoms with Crippen molar-refractivity contribution in [2.75, 3.05) is 17.2 Å². The van der Waals surface area contributed by atoms with Gasteiger partial charge < -0.3 is 10.6 Å². The fourth-order valence-corrected chi connectivity index (χ4v) is 2.09. The molecule has 0 fully saturated rings. The lowest BCUT2D eigenvalue weighted by atomic mass is 10.0. The number of fused-ring (bicyclic) bond motifs is 1. The van der Waals surface area contributed by atoms with Gasteiger partial charge in [0.25, 0.3) is 0 Å². The molecule has 0 radical (unpaired) electrons. The number of anilines is 2. The summed E-state index contributed by atoms with van der Waals surface area (Å²) in [4.78, 5) is 20.1. The first-order chi connectivity index (χ1) is 8.84.